The van der Waals surface area contributed by atoms with E-state index < -0.39 is 17.7 Å². The summed E-state index contributed by atoms with van der Waals surface area (Å²) < 4.78 is 44.7. The molecule has 3 rings (SSSR count). The second-order valence-electron chi connectivity index (χ2n) is 6.43. The number of ether oxygens (including phenoxy) is 1. The van der Waals surface area contributed by atoms with Crippen LogP contribution in [0.3, 0.4) is 0 Å². The number of hydrogen-bond acceptors (Lipinski definition) is 4. The molecule has 24 heavy (non-hydrogen) atoms. The molecule has 0 spiro atoms. The van der Waals surface area contributed by atoms with E-state index >= 15 is 0 Å². The van der Waals surface area contributed by atoms with E-state index in [4.69, 9.17) is 4.74 Å². The molecule has 0 bridgehead atoms. The van der Waals surface area contributed by atoms with Crippen molar-refractivity contribution >= 4 is 10.9 Å². The fourth-order valence-corrected chi connectivity index (χ4v) is 3.21. The Morgan fingerprint density at radius 3 is 2.42 bits per heavy atom. The first-order chi connectivity index (χ1) is 11.3. The Balaban J connectivity index is 1.67. The average Bonchev–Trinajstić information content (AvgIpc) is 2.55. The lowest BCUT2D eigenvalue weighted by atomic mass is 9.76. The largest absolute Gasteiger partial charge is 0.474 e. The number of alkyl halides is 3. The zero-order chi connectivity index (χ0) is 17.4. The van der Waals surface area contributed by atoms with Gasteiger partial charge in [0.2, 0.25) is 5.88 Å². The number of aromatic nitrogens is 2. The first-order valence-electron chi connectivity index (χ1n) is 7.94. The van der Waals surface area contributed by atoms with E-state index in [-0.39, 0.29) is 18.9 Å². The maximum absolute atomic E-state index is 12.9. The normalized spacial score (nSPS) is 24.5. The van der Waals surface area contributed by atoms with Crippen LogP contribution in [-0.4, -0.2) is 33.0 Å². The fraction of sp³-hybridized carbons (Fsp3) is 0.529. The van der Waals surface area contributed by atoms with E-state index in [9.17, 15) is 18.3 Å². The number of halogens is 3. The van der Waals surface area contributed by atoms with Gasteiger partial charge in [-0.15, -0.1) is 0 Å². The number of aliphatic hydroxyl groups is 1. The Morgan fingerprint density at radius 1 is 1.08 bits per heavy atom. The average molecular weight is 340 g/mol. The molecule has 0 radical (unpaired) electrons. The smallest absolute Gasteiger partial charge is 0.417 e. The van der Waals surface area contributed by atoms with Crippen molar-refractivity contribution in [2.45, 2.75) is 50.5 Å². The molecular weight excluding hydrogens is 321 g/mol. The third-order valence-electron chi connectivity index (χ3n) is 4.83. The van der Waals surface area contributed by atoms with Crippen molar-refractivity contribution < 1.29 is 23.0 Å². The number of nitrogens with zero attached hydrogens (tertiary/aromatic N) is 2. The summed E-state index contributed by atoms with van der Waals surface area (Å²) in [5.74, 6) is -0.355. The van der Waals surface area contributed by atoms with Gasteiger partial charge in [-0.25, -0.2) is 9.97 Å². The van der Waals surface area contributed by atoms with Crippen LogP contribution in [0.15, 0.2) is 30.6 Å². The third kappa shape index (κ3) is 3.17. The molecule has 1 N–H and O–H groups in total. The minimum Gasteiger partial charge on any atom is -0.474 e. The van der Waals surface area contributed by atoms with E-state index in [2.05, 4.69) is 9.97 Å². The Bertz CT molecular complexity index is 705. The topological polar surface area (TPSA) is 55.2 Å². The molecule has 7 heteroatoms. The van der Waals surface area contributed by atoms with Gasteiger partial charge in [0.1, 0.15) is 12.4 Å². The molecule has 1 aliphatic rings. The summed E-state index contributed by atoms with van der Waals surface area (Å²) in [7, 11) is 0. The summed E-state index contributed by atoms with van der Waals surface area (Å²) in [5.41, 5.74) is -1.89. The summed E-state index contributed by atoms with van der Waals surface area (Å²) in [4.78, 5) is 8.30. The molecule has 1 aromatic heterocycles. The van der Waals surface area contributed by atoms with Gasteiger partial charge in [0.25, 0.3) is 0 Å². The minimum absolute atomic E-state index is 0.205. The second kappa shape index (κ2) is 6.20. The number of para-hydroxylation sites is 1. The van der Waals surface area contributed by atoms with Crippen molar-refractivity contribution in [1.29, 1.82) is 0 Å². The van der Waals surface area contributed by atoms with Crippen LogP contribution < -0.4 is 4.74 Å². The fourth-order valence-electron chi connectivity index (χ4n) is 3.21. The van der Waals surface area contributed by atoms with Gasteiger partial charge < -0.3 is 9.84 Å². The molecule has 1 aliphatic carbocycles. The summed E-state index contributed by atoms with van der Waals surface area (Å²) in [6, 6.07) is 7.42. The standard InChI is InChI=1S/C17H19F3N2O2/c1-16(23,17(18,19)20)11-6-8-12(9-7-11)24-15-13-4-2-3-5-14(13)21-10-22-15/h2-5,10-12,23H,6-9H2,1H3. The number of fused-ring (bicyclic) bond motifs is 1. The summed E-state index contributed by atoms with van der Waals surface area (Å²) >= 11 is 0. The maximum Gasteiger partial charge on any atom is 0.417 e. The van der Waals surface area contributed by atoms with Crippen LogP contribution in [0.25, 0.3) is 10.9 Å². The van der Waals surface area contributed by atoms with E-state index in [1.807, 2.05) is 24.3 Å². The van der Waals surface area contributed by atoms with Crippen molar-refractivity contribution in [1.82, 2.24) is 9.97 Å². The molecule has 1 unspecified atom stereocenters. The van der Waals surface area contributed by atoms with Crippen molar-refractivity contribution in [3.63, 3.8) is 0 Å². The van der Waals surface area contributed by atoms with Gasteiger partial charge in [-0.2, -0.15) is 13.2 Å². The predicted octanol–water partition coefficient (Wildman–Crippen LogP) is 3.88. The molecule has 0 saturated heterocycles. The zero-order valence-corrected chi connectivity index (χ0v) is 13.3. The Kier molecular flexibility index (Phi) is 4.38. The molecule has 1 saturated carbocycles. The lowest BCUT2D eigenvalue weighted by Gasteiger charge is -2.38. The van der Waals surface area contributed by atoms with Gasteiger partial charge in [-0.05, 0) is 50.7 Å². The number of rotatable bonds is 3. The maximum atomic E-state index is 12.9. The Labute approximate surface area is 137 Å². The minimum atomic E-state index is -4.62. The van der Waals surface area contributed by atoms with Gasteiger partial charge in [0, 0.05) is 0 Å². The Hall–Kier alpha value is -1.89. The van der Waals surface area contributed by atoms with Crippen LogP contribution >= 0.6 is 0 Å². The number of hydrogen-bond donors (Lipinski definition) is 1. The van der Waals surface area contributed by atoms with Gasteiger partial charge >= 0.3 is 6.18 Å². The molecule has 0 aliphatic heterocycles. The van der Waals surface area contributed by atoms with E-state index in [1.165, 1.54) is 6.33 Å². The highest BCUT2D eigenvalue weighted by molar-refractivity contribution is 5.82. The monoisotopic (exact) mass is 340 g/mol. The van der Waals surface area contributed by atoms with E-state index in [0.29, 0.717) is 18.7 Å². The molecular formula is C17H19F3N2O2. The lowest BCUT2D eigenvalue weighted by Crippen LogP contribution is -2.50. The SMILES string of the molecule is CC(O)(C1CCC(Oc2ncnc3ccccc23)CC1)C(F)(F)F. The van der Waals surface area contributed by atoms with E-state index in [1.54, 1.807) is 0 Å². The first-order valence-corrected chi connectivity index (χ1v) is 7.94. The molecule has 1 fully saturated rings. The van der Waals surface area contributed by atoms with Crippen LogP contribution in [0.2, 0.25) is 0 Å². The summed E-state index contributed by atoms with van der Waals surface area (Å²) in [6.07, 6.45) is -1.97. The molecule has 4 nitrogen and oxygen atoms in total. The second-order valence-corrected chi connectivity index (χ2v) is 6.43. The predicted molar refractivity (Wildman–Crippen MR) is 82.6 cm³/mol. The van der Waals surface area contributed by atoms with Crippen molar-refractivity contribution in [3.8, 4) is 5.88 Å². The highest BCUT2D eigenvalue weighted by atomic mass is 19.4. The quantitative estimate of drug-likeness (QED) is 0.921. The first kappa shape index (κ1) is 17.0. The molecule has 1 heterocycles. The number of benzene rings is 1. The van der Waals surface area contributed by atoms with Crippen molar-refractivity contribution in [2.75, 3.05) is 0 Å². The van der Waals surface area contributed by atoms with Gasteiger partial charge in [-0.1, -0.05) is 12.1 Å². The highest BCUT2D eigenvalue weighted by Crippen LogP contribution is 2.43. The van der Waals surface area contributed by atoms with Crippen LogP contribution in [0.1, 0.15) is 32.6 Å². The summed E-state index contributed by atoms with van der Waals surface area (Å²) in [6.45, 7) is 0.858. The molecule has 1 atom stereocenters. The molecule has 0 amide bonds. The molecule has 2 aromatic rings. The van der Waals surface area contributed by atoms with Gasteiger partial charge in [-0.3, -0.25) is 0 Å². The summed E-state index contributed by atoms with van der Waals surface area (Å²) in [5, 5.41) is 10.6. The third-order valence-corrected chi connectivity index (χ3v) is 4.83. The molecule has 130 valence electrons. The van der Waals surface area contributed by atoms with Crippen molar-refractivity contribution in [2.24, 2.45) is 5.92 Å². The van der Waals surface area contributed by atoms with Crippen molar-refractivity contribution in [3.05, 3.63) is 30.6 Å². The zero-order valence-electron chi connectivity index (χ0n) is 13.3. The highest BCUT2D eigenvalue weighted by Gasteiger charge is 2.55. The van der Waals surface area contributed by atoms with Gasteiger partial charge in [0.15, 0.2) is 5.60 Å². The van der Waals surface area contributed by atoms with E-state index in [0.717, 1.165) is 17.8 Å². The van der Waals surface area contributed by atoms with Gasteiger partial charge in [0.05, 0.1) is 10.9 Å². The molecule has 1 aromatic carbocycles. The van der Waals surface area contributed by atoms with Crippen LogP contribution in [0.5, 0.6) is 5.88 Å². The van der Waals surface area contributed by atoms with Crippen LogP contribution in [-0.2, 0) is 0 Å². The lowest BCUT2D eigenvalue weighted by molar-refractivity contribution is -0.275. The van der Waals surface area contributed by atoms with Crippen LogP contribution in [0, 0.1) is 5.92 Å². The van der Waals surface area contributed by atoms with Crippen LogP contribution in [0.4, 0.5) is 13.2 Å². The Morgan fingerprint density at radius 2 is 1.75 bits per heavy atom.